The van der Waals surface area contributed by atoms with Crippen LogP contribution in [-0.4, -0.2) is 29.3 Å². The quantitative estimate of drug-likeness (QED) is 0.643. The number of halogens is 2. The number of ether oxygens (including phenoxy) is 1. The average molecular weight is 286 g/mol. The van der Waals surface area contributed by atoms with Crippen molar-refractivity contribution in [3.8, 4) is 0 Å². The fourth-order valence-corrected chi connectivity index (χ4v) is 2.72. The number of anilines is 2. The van der Waals surface area contributed by atoms with Crippen molar-refractivity contribution in [1.29, 1.82) is 0 Å². The number of nitrogens with two attached hydrogens (primary N) is 1. The van der Waals surface area contributed by atoms with E-state index in [1.165, 1.54) is 0 Å². The summed E-state index contributed by atoms with van der Waals surface area (Å²) in [7, 11) is 0. The second-order valence-corrected chi connectivity index (χ2v) is 6.25. The van der Waals surface area contributed by atoms with Gasteiger partial charge in [-0.3, -0.25) is 0 Å². The van der Waals surface area contributed by atoms with Crippen LogP contribution in [0.25, 0.3) is 0 Å². The van der Waals surface area contributed by atoms with Gasteiger partial charge in [0.05, 0.1) is 11.2 Å². The predicted octanol–water partition coefficient (Wildman–Crippen LogP) is 2.04. The fourth-order valence-electron chi connectivity index (χ4n) is 2.72. The van der Waals surface area contributed by atoms with Gasteiger partial charge in [-0.15, -0.1) is 0 Å². The molecule has 1 aliphatic rings. The molecule has 2 rings (SSSR count). The van der Waals surface area contributed by atoms with E-state index in [9.17, 15) is 8.78 Å². The zero-order chi connectivity index (χ0) is 15.1. The zero-order valence-corrected chi connectivity index (χ0v) is 12.1. The van der Waals surface area contributed by atoms with Crippen LogP contribution < -0.4 is 16.2 Å². The molecule has 0 spiro atoms. The summed E-state index contributed by atoms with van der Waals surface area (Å²) in [5.74, 6) is 3.55. The molecular formula is C13H20F2N4O. The van der Waals surface area contributed by atoms with E-state index >= 15 is 0 Å². The van der Waals surface area contributed by atoms with Crippen LogP contribution in [-0.2, 0) is 4.74 Å². The van der Waals surface area contributed by atoms with Gasteiger partial charge in [0.2, 0.25) is 0 Å². The van der Waals surface area contributed by atoms with Crippen LogP contribution in [0.3, 0.4) is 0 Å². The van der Waals surface area contributed by atoms with Gasteiger partial charge in [0.15, 0.2) is 23.3 Å². The first-order valence-electron chi connectivity index (χ1n) is 6.41. The number of hydrogen-bond donors (Lipinski definition) is 2. The zero-order valence-electron chi connectivity index (χ0n) is 12.1. The standard InChI is InChI=1S/C13H20F2N4O/c1-12(2)6-19(7-13(3,4)20-12)11-9(15)5-8(14)10(17-11)18-16/h5H,6-7,16H2,1-4H3,(H,17,18). The number of nitrogen functional groups attached to an aromatic ring is 1. The summed E-state index contributed by atoms with van der Waals surface area (Å²) < 4.78 is 33.3. The van der Waals surface area contributed by atoms with Crippen LogP contribution in [0, 0.1) is 11.6 Å². The molecule has 5 nitrogen and oxygen atoms in total. The fraction of sp³-hybridized carbons (Fsp3) is 0.615. The molecule has 1 aromatic heterocycles. The Morgan fingerprint density at radius 2 is 1.75 bits per heavy atom. The third-order valence-electron chi connectivity index (χ3n) is 3.04. The Hall–Kier alpha value is -1.47. The minimum absolute atomic E-state index is 0.0730. The van der Waals surface area contributed by atoms with Crippen molar-refractivity contribution >= 4 is 11.6 Å². The molecule has 20 heavy (non-hydrogen) atoms. The molecule has 1 aliphatic heterocycles. The summed E-state index contributed by atoms with van der Waals surface area (Å²) in [4.78, 5) is 5.68. The van der Waals surface area contributed by atoms with E-state index in [0.717, 1.165) is 6.07 Å². The smallest absolute Gasteiger partial charge is 0.178 e. The van der Waals surface area contributed by atoms with E-state index in [2.05, 4.69) is 10.4 Å². The second kappa shape index (κ2) is 4.82. The second-order valence-electron chi connectivity index (χ2n) is 6.25. The van der Waals surface area contributed by atoms with E-state index in [1.807, 2.05) is 27.7 Å². The molecule has 0 aromatic carbocycles. The van der Waals surface area contributed by atoms with Crippen molar-refractivity contribution in [2.24, 2.45) is 5.84 Å². The van der Waals surface area contributed by atoms with Crippen LogP contribution >= 0.6 is 0 Å². The molecule has 2 heterocycles. The molecular weight excluding hydrogens is 266 g/mol. The van der Waals surface area contributed by atoms with Gasteiger partial charge in [-0.2, -0.15) is 0 Å². The lowest BCUT2D eigenvalue weighted by Gasteiger charge is -2.47. The Morgan fingerprint density at radius 1 is 1.20 bits per heavy atom. The monoisotopic (exact) mass is 286 g/mol. The Balaban J connectivity index is 2.40. The number of nitrogens with zero attached hydrogens (tertiary/aromatic N) is 2. The third-order valence-corrected chi connectivity index (χ3v) is 3.04. The van der Waals surface area contributed by atoms with E-state index in [1.54, 1.807) is 4.90 Å². The molecule has 7 heteroatoms. The maximum atomic E-state index is 14.0. The molecule has 1 saturated heterocycles. The molecule has 0 radical (unpaired) electrons. The van der Waals surface area contributed by atoms with Crippen molar-refractivity contribution in [1.82, 2.24) is 4.98 Å². The lowest BCUT2D eigenvalue weighted by molar-refractivity contribution is -0.133. The Bertz CT molecular complexity index is 503. The van der Waals surface area contributed by atoms with Crippen LogP contribution in [0.4, 0.5) is 20.4 Å². The van der Waals surface area contributed by atoms with Crippen LogP contribution in [0.1, 0.15) is 27.7 Å². The first kappa shape index (κ1) is 14.9. The number of pyridine rings is 1. The van der Waals surface area contributed by atoms with Gasteiger partial charge in [-0.1, -0.05) is 0 Å². The Kier molecular flexibility index (Phi) is 3.60. The van der Waals surface area contributed by atoms with Gasteiger partial charge in [-0.05, 0) is 27.7 Å². The first-order chi connectivity index (χ1) is 9.13. The summed E-state index contributed by atoms with van der Waals surface area (Å²) in [5.41, 5.74) is 1.22. The van der Waals surface area contributed by atoms with Gasteiger partial charge in [-0.25, -0.2) is 19.6 Å². The molecule has 0 bridgehead atoms. The number of nitrogens with one attached hydrogen (secondary N) is 1. The number of morpholine rings is 1. The molecule has 0 aliphatic carbocycles. The molecule has 1 aromatic rings. The van der Waals surface area contributed by atoms with Crippen molar-refractivity contribution in [2.75, 3.05) is 23.4 Å². The predicted molar refractivity (Wildman–Crippen MR) is 73.4 cm³/mol. The highest BCUT2D eigenvalue weighted by atomic mass is 19.1. The lowest BCUT2D eigenvalue weighted by atomic mass is 9.99. The van der Waals surface area contributed by atoms with E-state index in [-0.39, 0.29) is 11.6 Å². The van der Waals surface area contributed by atoms with Crippen molar-refractivity contribution in [3.63, 3.8) is 0 Å². The van der Waals surface area contributed by atoms with Crippen LogP contribution in [0.2, 0.25) is 0 Å². The summed E-state index contributed by atoms with van der Waals surface area (Å²) in [6.07, 6.45) is 0. The summed E-state index contributed by atoms with van der Waals surface area (Å²) in [6.45, 7) is 8.59. The van der Waals surface area contributed by atoms with E-state index < -0.39 is 22.8 Å². The topological polar surface area (TPSA) is 63.4 Å². The van der Waals surface area contributed by atoms with Gasteiger partial charge in [0, 0.05) is 19.2 Å². The Labute approximate surface area is 117 Å². The minimum atomic E-state index is -0.819. The van der Waals surface area contributed by atoms with Crippen molar-refractivity contribution in [3.05, 3.63) is 17.7 Å². The third kappa shape index (κ3) is 2.99. The molecule has 0 unspecified atom stereocenters. The minimum Gasteiger partial charge on any atom is -0.366 e. The highest BCUT2D eigenvalue weighted by Gasteiger charge is 2.39. The first-order valence-corrected chi connectivity index (χ1v) is 6.41. The summed E-state index contributed by atoms with van der Waals surface area (Å²) >= 11 is 0. The van der Waals surface area contributed by atoms with E-state index in [4.69, 9.17) is 10.6 Å². The SMILES string of the molecule is CC1(C)CN(c2nc(NN)c(F)cc2F)CC(C)(C)O1. The largest absolute Gasteiger partial charge is 0.366 e. The molecule has 3 N–H and O–H groups in total. The molecule has 112 valence electrons. The highest BCUT2D eigenvalue weighted by molar-refractivity contribution is 5.49. The number of aromatic nitrogens is 1. The van der Waals surface area contributed by atoms with Crippen molar-refractivity contribution in [2.45, 2.75) is 38.9 Å². The number of rotatable bonds is 2. The van der Waals surface area contributed by atoms with Crippen LogP contribution in [0.5, 0.6) is 0 Å². The van der Waals surface area contributed by atoms with Gasteiger partial charge in [0.1, 0.15) is 0 Å². The molecule has 0 atom stereocenters. The molecule has 1 fully saturated rings. The summed E-state index contributed by atoms with van der Waals surface area (Å²) in [5, 5.41) is 0. The molecule has 0 saturated carbocycles. The Morgan fingerprint density at radius 3 is 2.25 bits per heavy atom. The van der Waals surface area contributed by atoms with Crippen molar-refractivity contribution < 1.29 is 13.5 Å². The number of hydrazine groups is 1. The van der Waals surface area contributed by atoms with Gasteiger partial charge >= 0.3 is 0 Å². The molecule has 0 amide bonds. The normalized spacial score (nSPS) is 20.9. The maximum absolute atomic E-state index is 14.0. The van der Waals surface area contributed by atoms with Gasteiger partial charge in [0.25, 0.3) is 0 Å². The maximum Gasteiger partial charge on any atom is 0.178 e. The van der Waals surface area contributed by atoms with E-state index in [0.29, 0.717) is 13.1 Å². The lowest BCUT2D eigenvalue weighted by Crippen LogP contribution is -2.57. The average Bonchev–Trinajstić information content (AvgIpc) is 2.24. The summed E-state index contributed by atoms with van der Waals surface area (Å²) in [6, 6.07) is 0.785. The number of hydrogen-bond acceptors (Lipinski definition) is 5. The van der Waals surface area contributed by atoms with Gasteiger partial charge < -0.3 is 15.1 Å². The van der Waals surface area contributed by atoms with Crippen LogP contribution in [0.15, 0.2) is 6.07 Å². The highest BCUT2D eigenvalue weighted by Crippen LogP contribution is 2.32.